The first-order valence-corrected chi connectivity index (χ1v) is 9.57. The van der Waals surface area contributed by atoms with Crippen LogP contribution in [0.2, 0.25) is 0 Å². The van der Waals surface area contributed by atoms with Gasteiger partial charge in [-0.2, -0.15) is 11.8 Å². The summed E-state index contributed by atoms with van der Waals surface area (Å²) < 4.78 is 10.9. The number of aromatic nitrogens is 1. The van der Waals surface area contributed by atoms with Gasteiger partial charge in [-0.25, -0.2) is 0 Å². The first-order chi connectivity index (χ1) is 11.8. The van der Waals surface area contributed by atoms with Crippen LogP contribution in [0.4, 0.5) is 0 Å². The number of hydrogen-bond donors (Lipinski definition) is 1. The van der Waals surface area contributed by atoms with E-state index in [4.69, 9.17) is 8.94 Å². The molecule has 1 aliphatic carbocycles. The standard InChI is InChI=1S/C17H21N3O3S/c21-17(13-10-16(23-19-13)12-3-4-12)18-11-14(15-2-1-7-22-15)20-5-8-24-9-6-20/h1-2,7,10,12,14H,3-6,8-9,11H2,(H,18,21)/t14-/m0/s1. The average molecular weight is 347 g/mol. The molecule has 2 aromatic heterocycles. The van der Waals surface area contributed by atoms with Gasteiger partial charge in [-0.3, -0.25) is 9.69 Å². The van der Waals surface area contributed by atoms with Gasteiger partial charge >= 0.3 is 0 Å². The molecular weight excluding hydrogens is 326 g/mol. The summed E-state index contributed by atoms with van der Waals surface area (Å²) in [6.07, 6.45) is 3.94. The van der Waals surface area contributed by atoms with Crippen LogP contribution in [0.5, 0.6) is 0 Å². The number of nitrogens with zero attached hydrogens (tertiary/aromatic N) is 2. The fourth-order valence-electron chi connectivity index (χ4n) is 3.02. The molecule has 1 N–H and O–H groups in total. The number of amides is 1. The quantitative estimate of drug-likeness (QED) is 0.866. The molecule has 2 aliphatic rings. The topological polar surface area (TPSA) is 71.5 Å². The largest absolute Gasteiger partial charge is 0.468 e. The van der Waals surface area contributed by atoms with Gasteiger partial charge in [0, 0.05) is 43.1 Å². The Morgan fingerprint density at radius 1 is 1.42 bits per heavy atom. The predicted octanol–water partition coefficient (Wildman–Crippen LogP) is 2.66. The van der Waals surface area contributed by atoms with E-state index in [1.54, 1.807) is 12.3 Å². The van der Waals surface area contributed by atoms with Crippen LogP contribution in [-0.4, -0.2) is 47.1 Å². The monoisotopic (exact) mass is 347 g/mol. The molecule has 1 saturated carbocycles. The molecular formula is C17H21N3O3S. The van der Waals surface area contributed by atoms with Crippen LogP contribution in [0, 0.1) is 0 Å². The Bertz CT molecular complexity index is 675. The molecule has 0 bridgehead atoms. The van der Waals surface area contributed by atoms with Crippen molar-refractivity contribution >= 4 is 17.7 Å². The summed E-state index contributed by atoms with van der Waals surface area (Å²) in [6.45, 7) is 2.51. The van der Waals surface area contributed by atoms with Gasteiger partial charge in [-0.05, 0) is 25.0 Å². The Balaban J connectivity index is 1.41. The summed E-state index contributed by atoms with van der Waals surface area (Å²) in [7, 11) is 0. The van der Waals surface area contributed by atoms with E-state index >= 15 is 0 Å². The number of carbonyl (C=O) groups excluding carboxylic acids is 1. The van der Waals surface area contributed by atoms with E-state index in [1.807, 2.05) is 23.9 Å². The Hall–Kier alpha value is -1.73. The first-order valence-electron chi connectivity index (χ1n) is 8.41. The van der Waals surface area contributed by atoms with Gasteiger partial charge in [0.15, 0.2) is 5.69 Å². The molecule has 24 heavy (non-hydrogen) atoms. The van der Waals surface area contributed by atoms with Crippen LogP contribution in [-0.2, 0) is 0 Å². The molecule has 1 atom stereocenters. The van der Waals surface area contributed by atoms with Gasteiger partial charge in [-0.1, -0.05) is 5.16 Å². The molecule has 6 nitrogen and oxygen atoms in total. The Morgan fingerprint density at radius 3 is 2.96 bits per heavy atom. The van der Waals surface area contributed by atoms with Crippen LogP contribution in [0.15, 0.2) is 33.4 Å². The lowest BCUT2D eigenvalue weighted by Gasteiger charge is -2.33. The number of hydrogen-bond acceptors (Lipinski definition) is 6. The SMILES string of the molecule is O=C(NC[C@@H](c1ccco1)N1CCSCC1)c1cc(C2CC2)on1. The van der Waals surface area contributed by atoms with E-state index in [0.29, 0.717) is 18.2 Å². The van der Waals surface area contributed by atoms with Crippen LogP contribution in [0.1, 0.15) is 46.8 Å². The normalized spacial score (nSPS) is 20.0. The van der Waals surface area contributed by atoms with Crippen molar-refractivity contribution < 1.29 is 13.7 Å². The van der Waals surface area contributed by atoms with Gasteiger partial charge in [0.05, 0.1) is 12.3 Å². The number of rotatable bonds is 6. The molecule has 3 heterocycles. The van der Waals surface area contributed by atoms with Crippen LogP contribution in [0.25, 0.3) is 0 Å². The van der Waals surface area contributed by atoms with Crippen LogP contribution >= 0.6 is 11.8 Å². The second kappa shape index (κ2) is 7.03. The van der Waals surface area contributed by atoms with E-state index < -0.39 is 0 Å². The minimum absolute atomic E-state index is 0.0552. The molecule has 7 heteroatoms. The first kappa shape index (κ1) is 15.8. The molecule has 0 radical (unpaired) electrons. The summed E-state index contributed by atoms with van der Waals surface area (Å²) in [5, 5.41) is 6.89. The van der Waals surface area contributed by atoms with E-state index in [-0.39, 0.29) is 11.9 Å². The molecule has 1 aliphatic heterocycles. The molecule has 1 amide bonds. The summed E-state index contributed by atoms with van der Waals surface area (Å²) in [5.41, 5.74) is 0.365. The van der Waals surface area contributed by atoms with Gasteiger partial charge in [0.25, 0.3) is 5.91 Å². The van der Waals surface area contributed by atoms with E-state index in [9.17, 15) is 4.79 Å². The average Bonchev–Trinajstić information content (AvgIpc) is 3.12. The summed E-state index contributed by atoms with van der Waals surface area (Å²) in [6, 6.07) is 5.69. The van der Waals surface area contributed by atoms with Crippen LogP contribution < -0.4 is 5.32 Å². The Kier molecular flexibility index (Phi) is 4.62. The highest BCUT2D eigenvalue weighted by molar-refractivity contribution is 7.99. The third-order valence-corrected chi connectivity index (χ3v) is 5.50. The maximum atomic E-state index is 12.4. The zero-order chi connectivity index (χ0) is 16.4. The summed E-state index contributed by atoms with van der Waals surface area (Å²) >= 11 is 1.96. The zero-order valence-electron chi connectivity index (χ0n) is 13.4. The third-order valence-electron chi connectivity index (χ3n) is 4.55. The minimum Gasteiger partial charge on any atom is -0.468 e. The Labute approximate surface area is 144 Å². The van der Waals surface area contributed by atoms with Gasteiger partial charge in [-0.15, -0.1) is 0 Å². The van der Waals surface area contributed by atoms with Crippen molar-refractivity contribution in [3.8, 4) is 0 Å². The van der Waals surface area contributed by atoms with E-state index in [0.717, 1.165) is 49.0 Å². The lowest BCUT2D eigenvalue weighted by molar-refractivity contribution is 0.0920. The van der Waals surface area contributed by atoms with Crippen molar-refractivity contribution in [1.29, 1.82) is 0 Å². The molecule has 0 spiro atoms. The summed E-state index contributed by atoms with van der Waals surface area (Å²) in [5.74, 6) is 4.21. The molecule has 1 saturated heterocycles. The highest BCUT2D eigenvalue weighted by Crippen LogP contribution is 2.40. The van der Waals surface area contributed by atoms with E-state index in [2.05, 4.69) is 15.4 Å². The van der Waals surface area contributed by atoms with Gasteiger partial charge in [0.2, 0.25) is 0 Å². The maximum Gasteiger partial charge on any atom is 0.273 e. The number of thioether (sulfide) groups is 1. The smallest absolute Gasteiger partial charge is 0.273 e. The summed E-state index contributed by atoms with van der Waals surface area (Å²) in [4.78, 5) is 14.7. The molecule has 2 fully saturated rings. The van der Waals surface area contributed by atoms with Crippen molar-refractivity contribution in [2.24, 2.45) is 0 Å². The predicted molar refractivity (Wildman–Crippen MR) is 91.2 cm³/mol. The second-order valence-electron chi connectivity index (χ2n) is 6.28. The lowest BCUT2D eigenvalue weighted by atomic mass is 10.1. The van der Waals surface area contributed by atoms with Crippen molar-refractivity contribution in [3.63, 3.8) is 0 Å². The van der Waals surface area contributed by atoms with Crippen molar-refractivity contribution in [1.82, 2.24) is 15.4 Å². The van der Waals surface area contributed by atoms with Gasteiger partial charge in [0.1, 0.15) is 11.5 Å². The second-order valence-corrected chi connectivity index (χ2v) is 7.50. The van der Waals surface area contributed by atoms with Crippen molar-refractivity contribution in [2.75, 3.05) is 31.1 Å². The highest BCUT2D eigenvalue weighted by atomic mass is 32.2. The molecule has 0 unspecified atom stereocenters. The van der Waals surface area contributed by atoms with Crippen molar-refractivity contribution in [3.05, 3.63) is 41.7 Å². The van der Waals surface area contributed by atoms with Gasteiger partial charge < -0.3 is 14.3 Å². The lowest BCUT2D eigenvalue weighted by Crippen LogP contribution is -2.42. The van der Waals surface area contributed by atoms with E-state index in [1.165, 1.54) is 0 Å². The Morgan fingerprint density at radius 2 is 2.25 bits per heavy atom. The number of carbonyl (C=O) groups is 1. The number of furan rings is 1. The molecule has 0 aromatic carbocycles. The fourth-order valence-corrected chi connectivity index (χ4v) is 3.95. The van der Waals surface area contributed by atoms with Crippen molar-refractivity contribution in [2.45, 2.75) is 24.8 Å². The molecule has 128 valence electrons. The minimum atomic E-state index is -0.186. The maximum absolute atomic E-state index is 12.4. The highest BCUT2D eigenvalue weighted by Gasteiger charge is 2.29. The zero-order valence-corrected chi connectivity index (χ0v) is 14.3. The molecule has 4 rings (SSSR count). The fraction of sp³-hybridized carbons (Fsp3) is 0.529. The third kappa shape index (κ3) is 3.52. The van der Waals surface area contributed by atoms with Crippen LogP contribution in [0.3, 0.4) is 0 Å². The number of nitrogens with one attached hydrogen (secondary N) is 1. The molecule has 2 aromatic rings.